The smallest absolute Gasteiger partial charge is 0.675 e. The Morgan fingerprint density at radius 1 is 1.75 bits per heavy atom. The third-order valence-electron chi connectivity index (χ3n) is 1.16. The second-order valence-electron chi connectivity index (χ2n) is 1.89. The predicted molar refractivity (Wildman–Crippen MR) is 41.7 cm³/mol. The predicted octanol–water partition coefficient (Wildman–Crippen LogP) is -1.50. The Hall–Kier alpha value is -0.510. The number of carbonyl (C=O) groups is 1. The molecule has 4 heteroatoms. The van der Waals surface area contributed by atoms with Crippen LogP contribution in [0.2, 0.25) is 0 Å². The summed E-state index contributed by atoms with van der Waals surface area (Å²) in [6.07, 6.45) is 6.32. The van der Waals surface area contributed by atoms with Crippen LogP contribution in [0, 0.1) is 0 Å². The van der Waals surface area contributed by atoms with Gasteiger partial charge in [0.05, 0.1) is 6.26 Å². The molecule has 0 amide bonds. The summed E-state index contributed by atoms with van der Waals surface area (Å²) in [4.78, 5) is 10.9. The summed E-state index contributed by atoms with van der Waals surface area (Å²) in [5, 5.41) is 3.90. The molecule has 0 spiro atoms. The topological polar surface area (TPSA) is 40.4 Å². The van der Waals surface area contributed by atoms with Gasteiger partial charge in [-0.1, -0.05) is 24.4 Å². The molecule has 0 unspecified atom stereocenters. The van der Waals surface area contributed by atoms with Crippen molar-refractivity contribution in [3.8, 4) is 0 Å². The average molecular weight is 173 g/mol. The second kappa shape index (κ2) is 6.06. The molecule has 1 rings (SSSR count). The van der Waals surface area contributed by atoms with Crippen molar-refractivity contribution in [2.75, 3.05) is 6.54 Å². The van der Waals surface area contributed by atoms with Crippen LogP contribution in [-0.4, -0.2) is 12.5 Å². The van der Waals surface area contributed by atoms with Gasteiger partial charge in [-0.05, 0) is 0 Å². The van der Waals surface area contributed by atoms with Gasteiger partial charge in [-0.3, -0.25) is 0 Å². The van der Waals surface area contributed by atoms with Gasteiger partial charge >= 0.3 is 35.5 Å². The van der Waals surface area contributed by atoms with Gasteiger partial charge in [-0.15, -0.1) is 12.6 Å². The minimum absolute atomic E-state index is 0. The fourth-order valence-corrected chi connectivity index (χ4v) is 0.692. The van der Waals surface area contributed by atoms with Crippen molar-refractivity contribution >= 4 is 5.97 Å². The molecule has 1 aliphatic heterocycles. The molecular weight excluding hydrogens is 165 g/mol. The molecule has 0 aliphatic carbocycles. The molecule has 3 nitrogen and oxygen atoms in total. The van der Waals surface area contributed by atoms with E-state index in [-0.39, 0.29) is 29.6 Å². The molecular formula is C8H8NNaO2. The molecule has 12 heavy (non-hydrogen) atoms. The van der Waals surface area contributed by atoms with Crippen molar-refractivity contribution in [2.24, 2.45) is 0 Å². The first-order valence-electron chi connectivity index (χ1n) is 3.21. The third kappa shape index (κ3) is 3.26. The maximum absolute atomic E-state index is 10.9. The Morgan fingerprint density at radius 3 is 3.00 bits per heavy atom. The Bertz CT molecular complexity index is 233. The molecule has 0 aromatic heterocycles. The first kappa shape index (κ1) is 11.5. The van der Waals surface area contributed by atoms with Gasteiger partial charge < -0.3 is 10.1 Å². The summed E-state index contributed by atoms with van der Waals surface area (Å²) in [5.74, 6) is -0.454. The van der Waals surface area contributed by atoms with E-state index in [1.807, 2.05) is 6.08 Å². The Morgan fingerprint density at radius 2 is 2.50 bits per heavy atom. The van der Waals surface area contributed by atoms with Crippen molar-refractivity contribution in [3.05, 3.63) is 42.1 Å². The van der Waals surface area contributed by atoms with Gasteiger partial charge in [-0.25, -0.2) is 4.79 Å². The monoisotopic (exact) mass is 173 g/mol. The number of rotatable bonds is 2. The Labute approximate surface area is 93.5 Å². The summed E-state index contributed by atoms with van der Waals surface area (Å²) in [7, 11) is 0. The summed E-state index contributed by atoms with van der Waals surface area (Å²) < 4.78 is 4.51. The van der Waals surface area contributed by atoms with Crippen molar-refractivity contribution < 1.29 is 39.1 Å². The van der Waals surface area contributed by atoms with E-state index in [1.54, 1.807) is 12.2 Å². The number of ether oxygens (including phenoxy) is 1. The molecule has 0 aromatic rings. The Kier molecular flexibility index (Phi) is 5.80. The van der Waals surface area contributed by atoms with Crippen LogP contribution in [0.15, 0.2) is 36.8 Å². The molecule has 0 atom stereocenters. The fraction of sp³-hybridized carbons (Fsp3) is 0.125. The SMILES string of the molecule is C=COC(=O)C1=CC=CC[N-]1.[Na+]. The summed E-state index contributed by atoms with van der Waals surface area (Å²) in [5.41, 5.74) is 0.340. The minimum atomic E-state index is -0.454. The number of hydrogen-bond acceptors (Lipinski definition) is 2. The van der Waals surface area contributed by atoms with Crippen LogP contribution in [0.25, 0.3) is 5.32 Å². The molecule has 0 radical (unpaired) electrons. The number of allylic oxidation sites excluding steroid dienone is 2. The molecule has 58 valence electrons. The maximum Gasteiger partial charge on any atom is 1.00 e. The molecule has 1 heterocycles. The van der Waals surface area contributed by atoms with Crippen LogP contribution in [-0.2, 0) is 9.53 Å². The maximum atomic E-state index is 10.9. The third-order valence-corrected chi connectivity index (χ3v) is 1.16. The molecule has 0 N–H and O–H groups in total. The van der Waals surface area contributed by atoms with Crippen LogP contribution >= 0.6 is 0 Å². The van der Waals surface area contributed by atoms with Gasteiger partial charge in [0, 0.05) is 0 Å². The molecule has 0 aromatic carbocycles. The van der Waals surface area contributed by atoms with E-state index in [1.165, 1.54) is 0 Å². The van der Waals surface area contributed by atoms with E-state index in [2.05, 4.69) is 16.6 Å². The van der Waals surface area contributed by atoms with Crippen LogP contribution in [0.3, 0.4) is 0 Å². The number of hydrogen-bond donors (Lipinski definition) is 0. The quantitative estimate of drug-likeness (QED) is 0.290. The zero-order valence-corrected chi connectivity index (χ0v) is 8.99. The van der Waals surface area contributed by atoms with Crippen LogP contribution in [0.1, 0.15) is 0 Å². The standard InChI is InChI=1S/C8H8NO2.Na/c1-2-11-8(10)7-5-3-4-6-9-7;/h2-5H,1,6H2;/q-1;+1. The van der Waals surface area contributed by atoms with E-state index in [0.29, 0.717) is 12.2 Å². The van der Waals surface area contributed by atoms with Gasteiger partial charge in [0.2, 0.25) is 0 Å². The first-order chi connectivity index (χ1) is 5.34. The van der Waals surface area contributed by atoms with E-state index in [9.17, 15) is 4.79 Å². The van der Waals surface area contributed by atoms with Crippen LogP contribution in [0.4, 0.5) is 0 Å². The average Bonchev–Trinajstić information content (AvgIpc) is 2.07. The number of nitrogens with zero attached hydrogens (tertiary/aromatic N) is 1. The Balaban J connectivity index is 0.00000121. The van der Waals surface area contributed by atoms with E-state index < -0.39 is 5.97 Å². The largest absolute Gasteiger partial charge is 1.00 e. The van der Waals surface area contributed by atoms with Crippen molar-refractivity contribution in [1.82, 2.24) is 0 Å². The zero-order chi connectivity index (χ0) is 8.10. The molecule has 1 aliphatic rings. The normalized spacial score (nSPS) is 13.5. The molecule has 0 fully saturated rings. The van der Waals surface area contributed by atoms with Crippen LogP contribution < -0.4 is 29.6 Å². The first-order valence-corrected chi connectivity index (χ1v) is 3.21. The number of carbonyl (C=O) groups excluding carboxylic acids is 1. The number of esters is 1. The second-order valence-corrected chi connectivity index (χ2v) is 1.89. The molecule has 0 bridgehead atoms. The van der Waals surface area contributed by atoms with Gasteiger partial charge in [0.1, 0.15) is 0 Å². The summed E-state index contributed by atoms with van der Waals surface area (Å²) >= 11 is 0. The van der Waals surface area contributed by atoms with Gasteiger partial charge in [-0.2, -0.15) is 0 Å². The van der Waals surface area contributed by atoms with E-state index in [0.717, 1.165) is 6.26 Å². The van der Waals surface area contributed by atoms with Crippen molar-refractivity contribution in [3.63, 3.8) is 0 Å². The molecule has 0 saturated carbocycles. The molecule has 0 saturated heterocycles. The summed E-state index contributed by atoms with van der Waals surface area (Å²) in [6, 6.07) is 0. The van der Waals surface area contributed by atoms with E-state index in [4.69, 9.17) is 0 Å². The van der Waals surface area contributed by atoms with Crippen molar-refractivity contribution in [2.45, 2.75) is 0 Å². The minimum Gasteiger partial charge on any atom is -0.675 e. The fourth-order valence-electron chi connectivity index (χ4n) is 0.692. The van der Waals surface area contributed by atoms with Gasteiger partial charge in [0.15, 0.2) is 0 Å². The summed E-state index contributed by atoms with van der Waals surface area (Å²) in [6.45, 7) is 3.81. The van der Waals surface area contributed by atoms with Crippen LogP contribution in [0.5, 0.6) is 0 Å². The van der Waals surface area contributed by atoms with Crippen molar-refractivity contribution in [1.29, 1.82) is 0 Å². The van der Waals surface area contributed by atoms with Gasteiger partial charge in [0.25, 0.3) is 0 Å². The van der Waals surface area contributed by atoms with E-state index >= 15 is 0 Å². The zero-order valence-electron chi connectivity index (χ0n) is 6.99.